The molecule has 2 saturated heterocycles. The summed E-state index contributed by atoms with van der Waals surface area (Å²) in [6.07, 6.45) is 3.00. The van der Waals surface area contributed by atoms with Gasteiger partial charge in [0.05, 0.1) is 19.7 Å². The summed E-state index contributed by atoms with van der Waals surface area (Å²) in [4.78, 5) is 16.1. The van der Waals surface area contributed by atoms with Crippen molar-refractivity contribution in [2.75, 3.05) is 40.3 Å². The molecule has 110 valence electrons. The van der Waals surface area contributed by atoms with E-state index in [0.717, 1.165) is 32.7 Å². The van der Waals surface area contributed by atoms with Crippen LogP contribution in [0.2, 0.25) is 0 Å². The van der Waals surface area contributed by atoms with Gasteiger partial charge in [0.2, 0.25) is 5.91 Å². The van der Waals surface area contributed by atoms with Crippen LogP contribution in [0.4, 0.5) is 0 Å². The molecule has 2 aliphatic heterocycles. The van der Waals surface area contributed by atoms with Crippen molar-refractivity contribution in [3.63, 3.8) is 0 Å². The fourth-order valence-corrected chi connectivity index (χ4v) is 3.13. The van der Waals surface area contributed by atoms with E-state index < -0.39 is 0 Å². The molecule has 4 nitrogen and oxygen atoms in total. The Morgan fingerprint density at radius 1 is 1.42 bits per heavy atom. The highest BCUT2D eigenvalue weighted by atomic mass is 16.5. The van der Waals surface area contributed by atoms with E-state index in [1.165, 1.54) is 6.42 Å². The van der Waals surface area contributed by atoms with Crippen molar-refractivity contribution >= 4 is 5.91 Å². The first-order valence-corrected chi connectivity index (χ1v) is 7.47. The number of amides is 1. The Morgan fingerprint density at radius 2 is 2.11 bits per heavy atom. The topological polar surface area (TPSA) is 32.8 Å². The number of nitrogens with zero attached hydrogens (tertiary/aromatic N) is 2. The van der Waals surface area contributed by atoms with Crippen molar-refractivity contribution in [1.29, 1.82) is 0 Å². The van der Waals surface area contributed by atoms with Crippen molar-refractivity contribution in [2.24, 2.45) is 11.8 Å². The number of carbonyl (C=O) groups excluding carboxylic acids is 1. The summed E-state index contributed by atoms with van der Waals surface area (Å²) in [6, 6.07) is 0. The summed E-state index contributed by atoms with van der Waals surface area (Å²) in [7, 11) is 4.22. The van der Waals surface area contributed by atoms with Gasteiger partial charge in [-0.05, 0) is 38.8 Å². The predicted octanol–water partition coefficient (Wildman–Crippen LogP) is 1.60. The summed E-state index contributed by atoms with van der Waals surface area (Å²) in [5.74, 6) is 1.39. The van der Waals surface area contributed by atoms with E-state index >= 15 is 0 Å². The van der Waals surface area contributed by atoms with E-state index in [1.807, 2.05) is 4.90 Å². The molecule has 2 fully saturated rings. The Balaban J connectivity index is 1.73. The smallest absolute Gasteiger partial charge is 0.223 e. The van der Waals surface area contributed by atoms with Crippen molar-refractivity contribution in [1.82, 2.24) is 9.80 Å². The minimum absolute atomic E-state index is 0.00451. The van der Waals surface area contributed by atoms with Gasteiger partial charge in [-0.15, -0.1) is 0 Å². The Kier molecular flexibility index (Phi) is 4.51. The standard InChI is InChI=1S/C15H28N2O2/c1-12(2)7-14(18)17-10-15(11-17)6-5-13(9-19-15)8-16(3)4/h12-13H,5-11H2,1-4H3/t13-/m1/s1. The molecule has 0 radical (unpaired) electrons. The van der Waals surface area contributed by atoms with Crippen molar-refractivity contribution in [2.45, 2.75) is 38.7 Å². The zero-order valence-corrected chi connectivity index (χ0v) is 12.8. The lowest BCUT2D eigenvalue weighted by atomic mass is 9.82. The van der Waals surface area contributed by atoms with Crippen LogP contribution in [0.15, 0.2) is 0 Å². The zero-order chi connectivity index (χ0) is 14.0. The van der Waals surface area contributed by atoms with Gasteiger partial charge in [0, 0.05) is 13.0 Å². The predicted molar refractivity (Wildman–Crippen MR) is 76.0 cm³/mol. The van der Waals surface area contributed by atoms with Gasteiger partial charge >= 0.3 is 0 Å². The Morgan fingerprint density at radius 3 is 2.58 bits per heavy atom. The maximum absolute atomic E-state index is 11.9. The second-order valence-corrected chi connectivity index (χ2v) is 7.01. The SMILES string of the molecule is CC(C)CC(=O)N1CC2(CC[C@H](CN(C)C)CO2)C1. The van der Waals surface area contributed by atoms with E-state index in [2.05, 4.69) is 32.8 Å². The molecular formula is C15H28N2O2. The summed E-state index contributed by atoms with van der Waals surface area (Å²) in [6.45, 7) is 7.77. The molecule has 0 N–H and O–H groups in total. The lowest BCUT2D eigenvalue weighted by molar-refractivity contribution is -0.189. The van der Waals surface area contributed by atoms with Gasteiger partial charge in [0.1, 0.15) is 5.60 Å². The third-order valence-corrected chi connectivity index (χ3v) is 4.15. The van der Waals surface area contributed by atoms with Gasteiger partial charge in [-0.25, -0.2) is 0 Å². The average Bonchev–Trinajstić information content (AvgIpc) is 2.25. The van der Waals surface area contributed by atoms with Crippen LogP contribution in [-0.4, -0.2) is 61.6 Å². The van der Waals surface area contributed by atoms with Crippen molar-refractivity contribution in [3.8, 4) is 0 Å². The average molecular weight is 268 g/mol. The second-order valence-electron chi connectivity index (χ2n) is 7.01. The fraction of sp³-hybridized carbons (Fsp3) is 0.933. The highest BCUT2D eigenvalue weighted by Crippen LogP contribution is 2.36. The van der Waals surface area contributed by atoms with E-state index in [-0.39, 0.29) is 5.60 Å². The summed E-state index contributed by atoms with van der Waals surface area (Å²) in [5, 5.41) is 0. The van der Waals surface area contributed by atoms with E-state index in [1.54, 1.807) is 0 Å². The normalized spacial score (nSPS) is 26.0. The maximum Gasteiger partial charge on any atom is 0.223 e. The second kappa shape index (κ2) is 5.80. The maximum atomic E-state index is 11.9. The van der Waals surface area contributed by atoms with Crippen LogP contribution in [0.5, 0.6) is 0 Å². The number of hydrogen-bond donors (Lipinski definition) is 0. The summed E-state index contributed by atoms with van der Waals surface area (Å²) >= 11 is 0. The lowest BCUT2D eigenvalue weighted by Crippen LogP contribution is -2.66. The molecule has 19 heavy (non-hydrogen) atoms. The molecule has 0 aromatic rings. The molecule has 0 aliphatic carbocycles. The molecule has 4 heteroatoms. The van der Waals surface area contributed by atoms with Crippen LogP contribution >= 0.6 is 0 Å². The van der Waals surface area contributed by atoms with E-state index in [9.17, 15) is 4.79 Å². The van der Waals surface area contributed by atoms with Gasteiger partial charge in [0.15, 0.2) is 0 Å². The molecule has 1 amide bonds. The molecule has 0 unspecified atom stereocenters. The van der Waals surface area contributed by atoms with E-state index in [0.29, 0.717) is 24.2 Å². The number of ether oxygens (including phenoxy) is 1. The minimum atomic E-state index is -0.00451. The summed E-state index contributed by atoms with van der Waals surface area (Å²) < 4.78 is 6.08. The first-order valence-electron chi connectivity index (χ1n) is 7.47. The number of hydrogen-bond acceptors (Lipinski definition) is 3. The number of likely N-dealkylation sites (tertiary alicyclic amines) is 1. The van der Waals surface area contributed by atoms with Crippen LogP contribution in [0.3, 0.4) is 0 Å². The molecule has 0 aromatic heterocycles. The Hall–Kier alpha value is -0.610. The van der Waals surface area contributed by atoms with Crippen LogP contribution in [-0.2, 0) is 9.53 Å². The molecule has 2 heterocycles. The lowest BCUT2D eigenvalue weighted by Gasteiger charge is -2.53. The number of carbonyl (C=O) groups is 1. The van der Waals surface area contributed by atoms with Crippen LogP contribution in [0, 0.1) is 11.8 Å². The quantitative estimate of drug-likeness (QED) is 0.776. The van der Waals surface area contributed by atoms with Crippen molar-refractivity contribution in [3.05, 3.63) is 0 Å². The fourth-order valence-electron chi connectivity index (χ4n) is 3.13. The van der Waals surface area contributed by atoms with Gasteiger partial charge in [-0.1, -0.05) is 13.8 Å². The monoisotopic (exact) mass is 268 g/mol. The molecule has 0 bridgehead atoms. The Bertz CT molecular complexity index is 312. The minimum Gasteiger partial charge on any atom is -0.371 e. The molecule has 0 saturated carbocycles. The van der Waals surface area contributed by atoms with Gasteiger partial charge in [-0.2, -0.15) is 0 Å². The van der Waals surface area contributed by atoms with E-state index in [4.69, 9.17) is 4.74 Å². The van der Waals surface area contributed by atoms with Crippen LogP contribution in [0.1, 0.15) is 33.1 Å². The molecule has 2 aliphatic rings. The van der Waals surface area contributed by atoms with Gasteiger partial charge in [0.25, 0.3) is 0 Å². The summed E-state index contributed by atoms with van der Waals surface area (Å²) in [5.41, 5.74) is -0.00451. The third kappa shape index (κ3) is 3.69. The molecule has 1 atom stereocenters. The molecule has 2 rings (SSSR count). The van der Waals surface area contributed by atoms with Gasteiger partial charge in [-0.3, -0.25) is 4.79 Å². The number of rotatable bonds is 4. The molecule has 0 aromatic carbocycles. The largest absolute Gasteiger partial charge is 0.371 e. The molecule has 1 spiro atoms. The van der Waals surface area contributed by atoms with Crippen molar-refractivity contribution < 1.29 is 9.53 Å². The first kappa shape index (κ1) is 14.8. The third-order valence-electron chi connectivity index (χ3n) is 4.15. The zero-order valence-electron chi connectivity index (χ0n) is 12.8. The van der Waals surface area contributed by atoms with Crippen LogP contribution < -0.4 is 0 Å². The molecular weight excluding hydrogens is 240 g/mol. The first-order chi connectivity index (χ1) is 8.90. The highest BCUT2D eigenvalue weighted by molar-refractivity contribution is 5.77. The Labute approximate surface area is 117 Å². The highest BCUT2D eigenvalue weighted by Gasteiger charge is 2.48. The van der Waals surface area contributed by atoms with Gasteiger partial charge < -0.3 is 14.5 Å². The van der Waals surface area contributed by atoms with Crippen LogP contribution in [0.25, 0.3) is 0 Å².